The van der Waals surface area contributed by atoms with Crippen molar-refractivity contribution in [3.63, 3.8) is 0 Å². The zero-order chi connectivity index (χ0) is 21.5. The van der Waals surface area contributed by atoms with E-state index in [1.165, 1.54) is 6.07 Å². The van der Waals surface area contributed by atoms with E-state index in [4.69, 9.17) is 16.2 Å². The number of para-hydroxylation sites is 1. The molecule has 1 amide bonds. The van der Waals surface area contributed by atoms with Crippen LogP contribution in [0, 0.1) is 6.92 Å². The van der Waals surface area contributed by atoms with Crippen molar-refractivity contribution in [1.82, 2.24) is 9.97 Å². The van der Waals surface area contributed by atoms with E-state index in [9.17, 15) is 4.79 Å². The molecule has 30 heavy (non-hydrogen) atoms. The first-order chi connectivity index (χ1) is 14.4. The predicted octanol–water partition coefficient (Wildman–Crippen LogP) is 4.10. The molecule has 5 N–H and O–H groups in total. The Labute approximate surface area is 178 Å². The summed E-state index contributed by atoms with van der Waals surface area (Å²) in [6.45, 7) is 1.89. The Bertz CT molecular complexity index is 1070. The van der Waals surface area contributed by atoms with E-state index in [0.717, 1.165) is 17.3 Å². The molecule has 0 saturated carbocycles. The van der Waals surface area contributed by atoms with Gasteiger partial charge in [-0.3, -0.25) is 4.79 Å². The Morgan fingerprint density at radius 2 is 1.77 bits per heavy atom. The summed E-state index contributed by atoms with van der Waals surface area (Å²) in [5.74, 6) is 1.09. The maximum atomic E-state index is 12.2. The molecule has 0 aliphatic carbocycles. The molecule has 1 heterocycles. The van der Waals surface area contributed by atoms with Crippen LogP contribution in [0.1, 0.15) is 5.56 Å². The number of hydrogen-bond acceptors (Lipinski definition) is 9. The molecule has 0 radical (unpaired) electrons. The summed E-state index contributed by atoms with van der Waals surface area (Å²) >= 11 is 1.15. The highest BCUT2D eigenvalue weighted by atomic mass is 32.2. The first-order valence-electron chi connectivity index (χ1n) is 8.92. The number of carbonyl (C=O) groups is 1. The Morgan fingerprint density at radius 3 is 2.47 bits per heavy atom. The first kappa shape index (κ1) is 21.1. The minimum Gasteiger partial charge on any atom is -0.494 e. The van der Waals surface area contributed by atoms with Crippen molar-refractivity contribution in [2.75, 3.05) is 29.6 Å². The van der Waals surface area contributed by atoms with E-state index in [2.05, 4.69) is 25.5 Å². The smallest absolute Gasteiger partial charge is 0.234 e. The number of nitrogens with zero attached hydrogens (tertiary/aromatic N) is 4. The maximum absolute atomic E-state index is 12.2. The Kier molecular flexibility index (Phi) is 6.81. The Balaban J connectivity index is 1.62. The van der Waals surface area contributed by atoms with E-state index in [0.29, 0.717) is 28.0 Å². The van der Waals surface area contributed by atoms with Crippen molar-refractivity contribution in [3.8, 4) is 5.75 Å². The van der Waals surface area contributed by atoms with Gasteiger partial charge in [-0.2, -0.15) is 5.11 Å². The summed E-state index contributed by atoms with van der Waals surface area (Å²) < 4.78 is 5.27. The van der Waals surface area contributed by atoms with Crippen LogP contribution in [-0.2, 0) is 4.79 Å². The molecule has 0 spiro atoms. The number of methoxy groups -OCH3 is 1. The van der Waals surface area contributed by atoms with Crippen LogP contribution in [0.3, 0.4) is 0 Å². The van der Waals surface area contributed by atoms with Gasteiger partial charge in [-0.1, -0.05) is 23.9 Å². The van der Waals surface area contributed by atoms with Crippen LogP contribution < -0.4 is 21.5 Å². The third-order valence-electron chi connectivity index (χ3n) is 3.91. The molecule has 9 nitrogen and oxygen atoms in total. The van der Waals surface area contributed by atoms with Crippen molar-refractivity contribution >= 4 is 46.4 Å². The van der Waals surface area contributed by atoms with Crippen LogP contribution in [0.15, 0.2) is 63.9 Å². The zero-order valence-corrected chi connectivity index (χ0v) is 17.3. The second-order valence-electron chi connectivity index (χ2n) is 6.21. The van der Waals surface area contributed by atoms with Crippen LogP contribution in [0.25, 0.3) is 0 Å². The maximum Gasteiger partial charge on any atom is 0.234 e. The highest BCUT2D eigenvalue weighted by Gasteiger charge is 2.08. The van der Waals surface area contributed by atoms with Gasteiger partial charge in [0.2, 0.25) is 5.91 Å². The van der Waals surface area contributed by atoms with Gasteiger partial charge in [-0.15, -0.1) is 5.11 Å². The molecule has 154 valence electrons. The number of carbonyl (C=O) groups excluding carboxylic acids is 1. The molecular weight excluding hydrogens is 402 g/mol. The second kappa shape index (κ2) is 9.70. The molecule has 0 aliphatic rings. The van der Waals surface area contributed by atoms with Crippen molar-refractivity contribution < 1.29 is 9.53 Å². The summed E-state index contributed by atoms with van der Waals surface area (Å²) in [5, 5.41) is 11.7. The summed E-state index contributed by atoms with van der Waals surface area (Å²) in [6, 6.07) is 14.2. The molecule has 0 fully saturated rings. The van der Waals surface area contributed by atoms with Crippen molar-refractivity contribution in [2.24, 2.45) is 10.2 Å². The topological polar surface area (TPSA) is 141 Å². The number of aromatic nitrogens is 2. The molecule has 0 atom stereocenters. The summed E-state index contributed by atoms with van der Waals surface area (Å²) in [6.07, 6.45) is 0. The molecule has 2 aromatic carbocycles. The second-order valence-corrected chi connectivity index (χ2v) is 7.15. The van der Waals surface area contributed by atoms with E-state index in [-0.39, 0.29) is 23.3 Å². The number of hydrogen-bond donors (Lipinski definition) is 3. The minimum absolute atomic E-state index is 0.122. The minimum atomic E-state index is -0.201. The number of aryl methyl sites for hydroxylation is 1. The number of azo groups is 1. The summed E-state index contributed by atoms with van der Waals surface area (Å²) in [4.78, 5) is 20.3. The van der Waals surface area contributed by atoms with E-state index < -0.39 is 0 Å². The highest BCUT2D eigenvalue weighted by Crippen LogP contribution is 2.30. The van der Waals surface area contributed by atoms with E-state index >= 15 is 0 Å². The quantitative estimate of drug-likeness (QED) is 0.295. The summed E-state index contributed by atoms with van der Waals surface area (Å²) in [5.41, 5.74) is 14.1. The van der Waals surface area contributed by atoms with Crippen molar-refractivity contribution in [2.45, 2.75) is 12.1 Å². The average Bonchev–Trinajstić information content (AvgIpc) is 2.71. The molecule has 0 saturated heterocycles. The number of anilines is 3. The number of ether oxygens (including phenoxy) is 1. The fraction of sp³-hybridized carbons (Fsp3) is 0.150. The lowest BCUT2D eigenvalue weighted by atomic mass is 10.2. The van der Waals surface area contributed by atoms with E-state index in [1.54, 1.807) is 19.2 Å². The van der Waals surface area contributed by atoms with Crippen LogP contribution in [0.2, 0.25) is 0 Å². The lowest BCUT2D eigenvalue weighted by molar-refractivity contribution is -0.113. The Morgan fingerprint density at radius 1 is 1.07 bits per heavy atom. The predicted molar refractivity (Wildman–Crippen MR) is 119 cm³/mol. The third kappa shape index (κ3) is 5.67. The van der Waals surface area contributed by atoms with Gasteiger partial charge >= 0.3 is 0 Å². The normalized spacial score (nSPS) is 10.9. The van der Waals surface area contributed by atoms with E-state index in [1.807, 2.05) is 37.3 Å². The monoisotopic (exact) mass is 423 g/mol. The lowest BCUT2D eigenvalue weighted by Crippen LogP contribution is -2.14. The number of amides is 1. The number of benzene rings is 2. The number of nitrogens with two attached hydrogens (primary N) is 2. The number of rotatable bonds is 7. The molecule has 0 unspecified atom stereocenters. The van der Waals surface area contributed by atoms with Gasteiger partial charge in [0.25, 0.3) is 0 Å². The molecule has 1 aromatic heterocycles. The Hall–Kier alpha value is -3.66. The SMILES string of the molecule is COc1ccccc1N=Nc1ccc(NC(=O)CSc2nc(N)cc(N)n2)cc1C. The fourth-order valence-corrected chi connectivity index (χ4v) is 3.19. The number of nitrogen functional groups attached to an aromatic ring is 2. The highest BCUT2D eigenvalue weighted by molar-refractivity contribution is 7.99. The zero-order valence-electron chi connectivity index (χ0n) is 16.5. The van der Waals surface area contributed by atoms with Gasteiger partial charge in [0, 0.05) is 11.8 Å². The molecule has 3 aromatic rings. The molecule has 0 aliphatic heterocycles. The summed E-state index contributed by atoms with van der Waals surface area (Å²) in [7, 11) is 1.59. The molecule has 10 heteroatoms. The third-order valence-corrected chi connectivity index (χ3v) is 4.76. The fourth-order valence-electron chi connectivity index (χ4n) is 2.52. The standard InChI is InChI=1S/C20H21N7O2S/c1-12-9-13(23-19(28)11-30-20-24-17(21)10-18(22)25-20)7-8-14(12)26-27-15-5-3-4-6-16(15)29-2/h3-10H,11H2,1-2H3,(H,23,28)(H4,21,22,24,25). The van der Waals surface area contributed by atoms with Crippen LogP contribution in [-0.4, -0.2) is 28.7 Å². The number of thioether (sulfide) groups is 1. The molecular formula is C20H21N7O2S. The van der Waals surface area contributed by atoms with Gasteiger partial charge in [0.05, 0.1) is 18.6 Å². The van der Waals surface area contributed by atoms with Crippen molar-refractivity contribution in [3.05, 3.63) is 54.1 Å². The molecule has 0 bridgehead atoms. The lowest BCUT2D eigenvalue weighted by Gasteiger charge is -2.08. The van der Waals surface area contributed by atoms with Gasteiger partial charge in [0.1, 0.15) is 23.1 Å². The molecule has 3 rings (SSSR count). The first-order valence-corrected chi connectivity index (χ1v) is 9.91. The number of nitrogens with one attached hydrogen (secondary N) is 1. The van der Waals surface area contributed by atoms with Crippen LogP contribution >= 0.6 is 11.8 Å². The van der Waals surface area contributed by atoms with Gasteiger partial charge < -0.3 is 21.5 Å². The van der Waals surface area contributed by atoms with Gasteiger partial charge in [-0.05, 0) is 42.8 Å². The average molecular weight is 424 g/mol. The largest absolute Gasteiger partial charge is 0.494 e. The van der Waals surface area contributed by atoms with Crippen molar-refractivity contribution in [1.29, 1.82) is 0 Å². The van der Waals surface area contributed by atoms with Crippen LogP contribution in [0.5, 0.6) is 5.75 Å². The van der Waals surface area contributed by atoms with Gasteiger partial charge in [0.15, 0.2) is 5.16 Å². The van der Waals surface area contributed by atoms with Gasteiger partial charge in [-0.25, -0.2) is 9.97 Å². The van der Waals surface area contributed by atoms with Crippen LogP contribution in [0.4, 0.5) is 28.7 Å².